The average Bonchev–Trinajstić information content (AvgIpc) is 2.40. The van der Waals surface area contributed by atoms with Crippen molar-refractivity contribution in [3.63, 3.8) is 0 Å². The van der Waals surface area contributed by atoms with Crippen LogP contribution in [-0.2, 0) is 0 Å². The Morgan fingerprint density at radius 2 is 2.05 bits per heavy atom. The van der Waals surface area contributed by atoms with E-state index in [0.29, 0.717) is 6.61 Å². The third-order valence-corrected chi connectivity index (χ3v) is 4.09. The van der Waals surface area contributed by atoms with E-state index in [0.717, 1.165) is 15.9 Å². The first-order valence-corrected chi connectivity index (χ1v) is 7.16. The molecule has 0 N–H and O–H groups in total. The first kappa shape index (κ1) is 12.5. The first-order chi connectivity index (χ1) is 9.15. The number of aryl methyl sites for hydroxylation is 1. The molecule has 1 aliphatic rings. The van der Waals surface area contributed by atoms with Gasteiger partial charge in [0.15, 0.2) is 0 Å². The molecule has 0 aliphatic carbocycles. The van der Waals surface area contributed by atoms with Crippen molar-refractivity contribution in [3.05, 3.63) is 58.1 Å². The fraction of sp³-hybridized carbons (Fsp3) is 0.250. The van der Waals surface area contributed by atoms with Gasteiger partial charge in [0.25, 0.3) is 0 Å². The molecule has 0 saturated carbocycles. The normalized spacial score (nSPS) is 17.8. The Hall–Kier alpha value is -1.48. The Balaban J connectivity index is 1.99. The summed E-state index contributed by atoms with van der Waals surface area (Å²) in [5, 5.41) is 0. The monoisotopic (exact) mass is 317 g/mol. The Labute approximate surface area is 122 Å². The highest BCUT2D eigenvalue weighted by atomic mass is 79.9. The molecule has 3 heteroatoms. The zero-order valence-corrected chi connectivity index (χ0v) is 12.6. The van der Waals surface area contributed by atoms with E-state index >= 15 is 0 Å². The zero-order chi connectivity index (χ0) is 13.4. The highest BCUT2D eigenvalue weighted by Gasteiger charge is 2.26. The van der Waals surface area contributed by atoms with Crippen LogP contribution in [0.15, 0.2) is 46.9 Å². The second kappa shape index (κ2) is 4.89. The molecule has 0 amide bonds. The molecule has 2 aromatic rings. The van der Waals surface area contributed by atoms with Crippen molar-refractivity contribution < 1.29 is 4.74 Å². The molecule has 0 bridgehead atoms. The topological polar surface area (TPSA) is 12.5 Å². The number of likely N-dealkylation sites (N-methyl/N-ethyl adjacent to an activating group) is 1. The van der Waals surface area contributed by atoms with Crippen LogP contribution >= 0.6 is 15.9 Å². The maximum Gasteiger partial charge on any atom is 0.142 e. The number of halogens is 1. The van der Waals surface area contributed by atoms with E-state index in [4.69, 9.17) is 4.74 Å². The van der Waals surface area contributed by atoms with Gasteiger partial charge in [0.1, 0.15) is 12.4 Å². The smallest absolute Gasteiger partial charge is 0.142 e. The summed E-state index contributed by atoms with van der Waals surface area (Å²) in [6, 6.07) is 15.0. The molecule has 0 spiro atoms. The average molecular weight is 318 g/mol. The van der Waals surface area contributed by atoms with E-state index in [-0.39, 0.29) is 6.04 Å². The van der Waals surface area contributed by atoms with Crippen molar-refractivity contribution in [1.29, 1.82) is 0 Å². The molecular formula is C16H16BrNO. The van der Waals surface area contributed by atoms with Gasteiger partial charge in [-0.1, -0.05) is 45.8 Å². The molecule has 0 radical (unpaired) electrons. The minimum atomic E-state index is 0.265. The van der Waals surface area contributed by atoms with Gasteiger partial charge in [-0.2, -0.15) is 0 Å². The standard InChI is InChI=1S/C16H16BrNO/c1-11-4-3-5-12(8-11)15-10-19-16-7-6-13(17)9-14(16)18(15)2/h3-9,15H,10H2,1-2H3. The fourth-order valence-corrected chi connectivity index (χ4v) is 2.88. The zero-order valence-electron chi connectivity index (χ0n) is 11.1. The number of ether oxygens (including phenoxy) is 1. The van der Waals surface area contributed by atoms with Crippen molar-refractivity contribution in [2.75, 3.05) is 18.6 Å². The predicted octanol–water partition coefficient (Wildman–Crippen LogP) is 4.33. The van der Waals surface area contributed by atoms with E-state index in [9.17, 15) is 0 Å². The van der Waals surface area contributed by atoms with Crippen LogP contribution < -0.4 is 9.64 Å². The SMILES string of the molecule is Cc1cccc(C2COc3ccc(Br)cc3N2C)c1. The van der Waals surface area contributed by atoms with Crippen LogP contribution in [0.1, 0.15) is 17.2 Å². The van der Waals surface area contributed by atoms with E-state index in [1.165, 1.54) is 11.1 Å². The maximum absolute atomic E-state index is 5.89. The summed E-state index contributed by atoms with van der Waals surface area (Å²) in [5.74, 6) is 0.953. The van der Waals surface area contributed by atoms with Gasteiger partial charge in [0.2, 0.25) is 0 Å². The number of benzene rings is 2. The Kier molecular flexibility index (Phi) is 3.23. The summed E-state index contributed by atoms with van der Waals surface area (Å²) < 4.78 is 6.97. The van der Waals surface area contributed by atoms with Gasteiger partial charge in [-0.3, -0.25) is 0 Å². The largest absolute Gasteiger partial charge is 0.489 e. The molecular weight excluding hydrogens is 302 g/mol. The van der Waals surface area contributed by atoms with Gasteiger partial charge in [-0.15, -0.1) is 0 Å². The lowest BCUT2D eigenvalue weighted by Crippen LogP contribution is -2.33. The van der Waals surface area contributed by atoms with E-state index in [1.807, 2.05) is 12.1 Å². The van der Waals surface area contributed by atoms with Crippen LogP contribution in [0, 0.1) is 6.92 Å². The molecule has 2 nitrogen and oxygen atoms in total. The first-order valence-electron chi connectivity index (χ1n) is 6.37. The van der Waals surface area contributed by atoms with Crippen LogP contribution in [0.3, 0.4) is 0 Å². The Morgan fingerprint density at radius 1 is 1.21 bits per heavy atom. The number of fused-ring (bicyclic) bond motifs is 1. The van der Waals surface area contributed by atoms with Crippen molar-refractivity contribution in [1.82, 2.24) is 0 Å². The Morgan fingerprint density at radius 3 is 2.84 bits per heavy atom. The maximum atomic E-state index is 5.89. The number of nitrogens with zero attached hydrogens (tertiary/aromatic N) is 1. The van der Waals surface area contributed by atoms with Crippen LogP contribution in [0.5, 0.6) is 5.75 Å². The highest BCUT2D eigenvalue weighted by Crippen LogP contribution is 2.39. The van der Waals surface area contributed by atoms with Gasteiger partial charge < -0.3 is 9.64 Å². The third-order valence-electron chi connectivity index (χ3n) is 3.59. The van der Waals surface area contributed by atoms with Crippen molar-refractivity contribution in [2.24, 2.45) is 0 Å². The van der Waals surface area contributed by atoms with Crippen LogP contribution in [0.2, 0.25) is 0 Å². The van der Waals surface area contributed by atoms with Gasteiger partial charge in [0, 0.05) is 11.5 Å². The van der Waals surface area contributed by atoms with Gasteiger partial charge >= 0.3 is 0 Å². The molecule has 3 rings (SSSR count). The van der Waals surface area contributed by atoms with Crippen molar-refractivity contribution in [2.45, 2.75) is 13.0 Å². The lowest BCUT2D eigenvalue weighted by atomic mass is 10.0. The van der Waals surface area contributed by atoms with E-state index in [2.05, 4.69) is 65.1 Å². The molecule has 1 heterocycles. The van der Waals surface area contributed by atoms with E-state index < -0.39 is 0 Å². The molecule has 98 valence electrons. The minimum absolute atomic E-state index is 0.265. The molecule has 1 unspecified atom stereocenters. The summed E-state index contributed by atoms with van der Waals surface area (Å²) in [5.41, 5.74) is 3.71. The number of hydrogen-bond donors (Lipinski definition) is 0. The lowest BCUT2D eigenvalue weighted by Gasteiger charge is -2.36. The molecule has 2 aromatic carbocycles. The summed E-state index contributed by atoms with van der Waals surface area (Å²) in [6.45, 7) is 2.81. The molecule has 0 fully saturated rings. The van der Waals surface area contributed by atoms with Crippen LogP contribution in [0.25, 0.3) is 0 Å². The third kappa shape index (κ3) is 2.35. The summed E-state index contributed by atoms with van der Waals surface area (Å²) in [6.07, 6.45) is 0. The second-order valence-electron chi connectivity index (χ2n) is 4.96. The van der Waals surface area contributed by atoms with Gasteiger partial charge in [0.05, 0.1) is 11.7 Å². The van der Waals surface area contributed by atoms with Crippen molar-refractivity contribution >= 4 is 21.6 Å². The number of hydrogen-bond acceptors (Lipinski definition) is 2. The second-order valence-corrected chi connectivity index (χ2v) is 5.88. The predicted molar refractivity (Wildman–Crippen MR) is 82.0 cm³/mol. The number of rotatable bonds is 1. The summed E-state index contributed by atoms with van der Waals surface area (Å²) in [4.78, 5) is 2.29. The van der Waals surface area contributed by atoms with Gasteiger partial charge in [-0.05, 0) is 30.7 Å². The quantitative estimate of drug-likeness (QED) is 0.776. The molecule has 0 aromatic heterocycles. The molecule has 0 saturated heterocycles. The minimum Gasteiger partial charge on any atom is -0.489 e. The van der Waals surface area contributed by atoms with Crippen LogP contribution in [-0.4, -0.2) is 13.7 Å². The van der Waals surface area contributed by atoms with Gasteiger partial charge in [-0.25, -0.2) is 0 Å². The fourth-order valence-electron chi connectivity index (χ4n) is 2.53. The van der Waals surface area contributed by atoms with E-state index in [1.54, 1.807) is 0 Å². The lowest BCUT2D eigenvalue weighted by molar-refractivity contribution is 0.268. The molecule has 19 heavy (non-hydrogen) atoms. The van der Waals surface area contributed by atoms with Crippen LogP contribution in [0.4, 0.5) is 5.69 Å². The summed E-state index contributed by atoms with van der Waals surface area (Å²) in [7, 11) is 2.13. The summed E-state index contributed by atoms with van der Waals surface area (Å²) >= 11 is 3.52. The van der Waals surface area contributed by atoms with Crippen molar-refractivity contribution in [3.8, 4) is 5.75 Å². The molecule has 1 aliphatic heterocycles. The highest BCUT2D eigenvalue weighted by molar-refractivity contribution is 9.10. The molecule has 1 atom stereocenters. The number of anilines is 1. The Bertz CT molecular complexity index is 611.